The number of rotatable bonds is 6. The Hall–Kier alpha value is -0.690. The number of hydrogen-bond donors (Lipinski definition) is 1. The molecular weight excluding hydrogens is 270 g/mol. The Morgan fingerprint density at radius 1 is 1.29 bits per heavy atom. The minimum atomic E-state index is -0.0181. The average Bonchev–Trinajstić information content (AvgIpc) is 2.82. The van der Waals surface area contributed by atoms with E-state index < -0.39 is 0 Å². The number of nitrogens with one attached hydrogen (secondary N) is 1. The van der Waals surface area contributed by atoms with Crippen molar-refractivity contribution in [3.8, 4) is 0 Å². The van der Waals surface area contributed by atoms with Crippen molar-refractivity contribution in [1.29, 1.82) is 0 Å². The van der Waals surface area contributed by atoms with Gasteiger partial charge in [-0.3, -0.25) is 9.69 Å². The van der Waals surface area contributed by atoms with Crippen LogP contribution in [0.5, 0.6) is 0 Å². The molecule has 0 saturated carbocycles. The number of methoxy groups -OCH3 is 1. The van der Waals surface area contributed by atoms with Crippen molar-refractivity contribution in [2.75, 3.05) is 66.2 Å². The molecular formula is C15H29N3O3. The highest BCUT2D eigenvalue weighted by Gasteiger charge is 2.36. The van der Waals surface area contributed by atoms with Crippen molar-refractivity contribution in [1.82, 2.24) is 15.1 Å². The molecule has 0 spiro atoms. The largest absolute Gasteiger partial charge is 0.383 e. The zero-order chi connectivity index (χ0) is 15.1. The molecule has 0 aliphatic carbocycles. The maximum atomic E-state index is 12.7. The molecule has 0 aromatic rings. The summed E-state index contributed by atoms with van der Waals surface area (Å²) in [5.74, 6) is 0.238. The number of nitrogens with zero attached hydrogens (tertiary/aromatic N) is 2. The Kier molecular flexibility index (Phi) is 6.89. The van der Waals surface area contributed by atoms with Gasteiger partial charge in [0.15, 0.2) is 0 Å². The first-order chi connectivity index (χ1) is 10.3. The van der Waals surface area contributed by atoms with Crippen LogP contribution < -0.4 is 5.32 Å². The Morgan fingerprint density at radius 3 is 2.90 bits per heavy atom. The van der Waals surface area contributed by atoms with Gasteiger partial charge in [-0.05, 0) is 19.5 Å². The molecule has 2 rings (SSSR count). The second-order valence-electron chi connectivity index (χ2n) is 5.82. The van der Waals surface area contributed by atoms with Gasteiger partial charge in [0.2, 0.25) is 5.91 Å². The van der Waals surface area contributed by atoms with Crippen molar-refractivity contribution >= 4 is 5.91 Å². The average molecular weight is 299 g/mol. The summed E-state index contributed by atoms with van der Waals surface area (Å²) in [6, 6.07) is 0.176. The summed E-state index contributed by atoms with van der Waals surface area (Å²) < 4.78 is 10.6. The quantitative estimate of drug-likeness (QED) is 0.736. The van der Waals surface area contributed by atoms with Crippen LogP contribution in [0.3, 0.4) is 0 Å². The van der Waals surface area contributed by atoms with Crippen LogP contribution in [0.1, 0.15) is 13.3 Å². The lowest BCUT2D eigenvalue weighted by Crippen LogP contribution is -2.46. The van der Waals surface area contributed by atoms with Gasteiger partial charge in [-0.2, -0.15) is 0 Å². The molecule has 0 aromatic heterocycles. The van der Waals surface area contributed by atoms with E-state index in [0.717, 1.165) is 52.3 Å². The Bertz CT molecular complexity index is 327. The van der Waals surface area contributed by atoms with Crippen LogP contribution in [-0.2, 0) is 14.3 Å². The van der Waals surface area contributed by atoms with Gasteiger partial charge in [0.25, 0.3) is 0 Å². The Morgan fingerprint density at radius 2 is 2.14 bits per heavy atom. The van der Waals surface area contributed by atoms with E-state index in [0.29, 0.717) is 13.2 Å². The van der Waals surface area contributed by atoms with Crippen LogP contribution in [0.4, 0.5) is 0 Å². The minimum Gasteiger partial charge on any atom is -0.383 e. The zero-order valence-corrected chi connectivity index (χ0v) is 13.3. The molecule has 6 heteroatoms. The molecule has 0 bridgehead atoms. The summed E-state index contributed by atoms with van der Waals surface area (Å²) in [4.78, 5) is 17.1. The molecule has 2 heterocycles. The van der Waals surface area contributed by atoms with Crippen molar-refractivity contribution in [3.05, 3.63) is 0 Å². The Labute approximate surface area is 127 Å². The van der Waals surface area contributed by atoms with Crippen LogP contribution in [0.2, 0.25) is 0 Å². The molecule has 1 N–H and O–H groups in total. The summed E-state index contributed by atoms with van der Waals surface area (Å²) in [7, 11) is 1.73. The topological polar surface area (TPSA) is 54.0 Å². The summed E-state index contributed by atoms with van der Waals surface area (Å²) in [5, 5.41) is 3.37. The lowest BCUT2D eigenvalue weighted by Gasteiger charge is -2.26. The molecule has 122 valence electrons. The number of carbonyl (C=O) groups is 1. The Balaban J connectivity index is 1.85. The predicted molar refractivity (Wildman–Crippen MR) is 81.3 cm³/mol. The fraction of sp³-hybridized carbons (Fsp3) is 0.933. The van der Waals surface area contributed by atoms with Gasteiger partial charge in [0.1, 0.15) is 0 Å². The van der Waals surface area contributed by atoms with Crippen LogP contribution in [0, 0.1) is 5.92 Å². The molecule has 21 heavy (non-hydrogen) atoms. The number of amides is 1. The van der Waals surface area contributed by atoms with Gasteiger partial charge in [0.05, 0.1) is 25.7 Å². The molecule has 0 aromatic carbocycles. The van der Waals surface area contributed by atoms with Crippen molar-refractivity contribution in [3.63, 3.8) is 0 Å². The summed E-state index contributed by atoms with van der Waals surface area (Å²) in [6.07, 6.45) is 1.04. The standard InChI is InChI=1S/C15H29N3O3/c1-3-16-14-12-21-11-13(14)15(19)18-6-4-5-17(7-8-18)9-10-20-2/h13-14,16H,3-12H2,1-2H3. The monoisotopic (exact) mass is 299 g/mol. The highest BCUT2D eigenvalue weighted by atomic mass is 16.5. The maximum absolute atomic E-state index is 12.7. The molecule has 2 saturated heterocycles. The lowest BCUT2D eigenvalue weighted by atomic mass is 10.0. The van der Waals surface area contributed by atoms with Gasteiger partial charge in [-0.1, -0.05) is 6.92 Å². The van der Waals surface area contributed by atoms with E-state index in [1.807, 2.05) is 4.90 Å². The van der Waals surface area contributed by atoms with Gasteiger partial charge < -0.3 is 19.7 Å². The fourth-order valence-electron chi connectivity index (χ4n) is 3.13. The van der Waals surface area contributed by atoms with Crippen molar-refractivity contribution in [2.24, 2.45) is 5.92 Å². The van der Waals surface area contributed by atoms with Crippen molar-refractivity contribution < 1.29 is 14.3 Å². The SMILES string of the molecule is CCNC1COCC1C(=O)N1CCCN(CCOC)CC1. The molecule has 0 radical (unpaired) electrons. The van der Waals surface area contributed by atoms with E-state index in [9.17, 15) is 4.79 Å². The van der Waals surface area contributed by atoms with E-state index in [4.69, 9.17) is 9.47 Å². The van der Waals surface area contributed by atoms with Crippen LogP contribution in [0.25, 0.3) is 0 Å². The van der Waals surface area contributed by atoms with Crippen LogP contribution in [-0.4, -0.2) is 87.9 Å². The molecule has 2 aliphatic heterocycles. The third kappa shape index (κ3) is 4.64. The van der Waals surface area contributed by atoms with E-state index in [-0.39, 0.29) is 17.9 Å². The van der Waals surface area contributed by atoms with Gasteiger partial charge in [0, 0.05) is 39.3 Å². The highest BCUT2D eigenvalue weighted by Crippen LogP contribution is 2.18. The summed E-state index contributed by atoms with van der Waals surface area (Å²) >= 11 is 0. The number of carbonyl (C=O) groups excluding carboxylic acids is 1. The van der Waals surface area contributed by atoms with Gasteiger partial charge >= 0.3 is 0 Å². The maximum Gasteiger partial charge on any atom is 0.229 e. The zero-order valence-electron chi connectivity index (χ0n) is 13.3. The van der Waals surface area contributed by atoms with E-state index in [1.54, 1.807) is 7.11 Å². The highest BCUT2D eigenvalue weighted by molar-refractivity contribution is 5.80. The van der Waals surface area contributed by atoms with Crippen molar-refractivity contribution in [2.45, 2.75) is 19.4 Å². The molecule has 2 atom stereocenters. The van der Waals surface area contributed by atoms with Gasteiger partial charge in [-0.15, -0.1) is 0 Å². The molecule has 6 nitrogen and oxygen atoms in total. The number of ether oxygens (including phenoxy) is 2. The first kappa shape index (κ1) is 16.7. The second-order valence-corrected chi connectivity index (χ2v) is 5.82. The number of hydrogen-bond acceptors (Lipinski definition) is 5. The molecule has 2 aliphatic rings. The number of likely N-dealkylation sites (N-methyl/N-ethyl adjacent to an activating group) is 1. The van der Waals surface area contributed by atoms with E-state index in [2.05, 4.69) is 17.1 Å². The third-order valence-corrected chi connectivity index (χ3v) is 4.38. The normalized spacial score (nSPS) is 27.8. The minimum absolute atomic E-state index is 0.0181. The summed E-state index contributed by atoms with van der Waals surface area (Å²) in [5.41, 5.74) is 0. The van der Waals surface area contributed by atoms with E-state index in [1.165, 1.54) is 0 Å². The first-order valence-electron chi connectivity index (χ1n) is 8.07. The predicted octanol–water partition coefficient (Wildman–Crippen LogP) is -0.208. The smallest absolute Gasteiger partial charge is 0.229 e. The van der Waals surface area contributed by atoms with Crippen LogP contribution >= 0.6 is 0 Å². The molecule has 1 amide bonds. The van der Waals surface area contributed by atoms with Gasteiger partial charge in [-0.25, -0.2) is 0 Å². The third-order valence-electron chi connectivity index (χ3n) is 4.38. The summed E-state index contributed by atoms with van der Waals surface area (Å²) in [6.45, 7) is 9.52. The second kappa shape index (κ2) is 8.68. The molecule has 2 fully saturated rings. The van der Waals surface area contributed by atoms with Crippen LogP contribution in [0.15, 0.2) is 0 Å². The molecule has 2 unspecified atom stereocenters. The fourth-order valence-corrected chi connectivity index (χ4v) is 3.13. The lowest BCUT2D eigenvalue weighted by molar-refractivity contribution is -0.135. The first-order valence-corrected chi connectivity index (χ1v) is 8.07. The van der Waals surface area contributed by atoms with E-state index >= 15 is 0 Å².